The van der Waals surface area contributed by atoms with E-state index in [-0.39, 0.29) is 0 Å². The third-order valence-electron chi connectivity index (χ3n) is 3.51. The fourth-order valence-electron chi connectivity index (χ4n) is 2.31. The van der Waals surface area contributed by atoms with Gasteiger partial charge in [-0.1, -0.05) is 0 Å². The standard InChI is InChI=1S/C12H17ClN4/c13-7-10-8-14-12(15-9-10)17-5-3-16(4-6-17)11-1-2-11/h8-9,11H,1-7H2. The predicted molar refractivity (Wildman–Crippen MR) is 68.4 cm³/mol. The topological polar surface area (TPSA) is 32.3 Å². The van der Waals surface area contributed by atoms with Crippen LogP contribution in [-0.4, -0.2) is 47.1 Å². The maximum atomic E-state index is 5.73. The van der Waals surface area contributed by atoms with E-state index in [1.165, 1.54) is 12.8 Å². The zero-order chi connectivity index (χ0) is 11.7. The van der Waals surface area contributed by atoms with Gasteiger partial charge in [0, 0.05) is 50.2 Å². The van der Waals surface area contributed by atoms with Gasteiger partial charge in [-0.2, -0.15) is 0 Å². The van der Waals surface area contributed by atoms with Gasteiger partial charge in [0.05, 0.1) is 5.88 Å². The number of hydrogen-bond donors (Lipinski definition) is 0. The second-order valence-corrected chi connectivity index (χ2v) is 5.05. The lowest BCUT2D eigenvalue weighted by molar-refractivity contribution is 0.247. The molecule has 0 radical (unpaired) electrons. The Kier molecular flexibility index (Phi) is 3.16. The van der Waals surface area contributed by atoms with Crippen molar-refractivity contribution in [1.82, 2.24) is 14.9 Å². The summed E-state index contributed by atoms with van der Waals surface area (Å²) >= 11 is 5.73. The zero-order valence-corrected chi connectivity index (χ0v) is 10.6. The van der Waals surface area contributed by atoms with Crippen LogP contribution >= 0.6 is 11.6 Å². The number of rotatable bonds is 3. The van der Waals surface area contributed by atoms with Crippen molar-refractivity contribution in [2.75, 3.05) is 31.1 Å². The molecule has 1 aliphatic heterocycles. The number of nitrogens with zero attached hydrogens (tertiary/aromatic N) is 4. The Morgan fingerprint density at radius 1 is 1.12 bits per heavy atom. The summed E-state index contributed by atoms with van der Waals surface area (Å²) in [6, 6.07) is 0.872. The summed E-state index contributed by atoms with van der Waals surface area (Å²) in [4.78, 5) is 13.6. The fraction of sp³-hybridized carbons (Fsp3) is 0.667. The molecule has 5 heteroatoms. The third-order valence-corrected chi connectivity index (χ3v) is 3.81. The summed E-state index contributed by atoms with van der Waals surface area (Å²) in [5, 5.41) is 0. The molecule has 1 aromatic heterocycles. The lowest BCUT2D eigenvalue weighted by Crippen LogP contribution is -2.47. The summed E-state index contributed by atoms with van der Waals surface area (Å²) in [6.45, 7) is 4.37. The highest BCUT2D eigenvalue weighted by molar-refractivity contribution is 6.17. The summed E-state index contributed by atoms with van der Waals surface area (Å²) in [5.74, 6) is 1.32. The molecule has 1 saturated heterocycles. The van der Waals surface area contributed by atoms with Gasteiger partial charge in [-0.3, -0.25) is 4.90 Å². The molecule has 0 amide bonds. The first-order chi connectivity index (χ1) is 8.36. The van der Waals surface area contributed by atoms with Crippen molar-refractivity contribution in [3.63, 3.8) is 0 Å². The zero-order valence-electron chi connectivity index (χ0n) is 9.85. The molecule has 2 heterocycles. The Hall–Kier alpha value is -0.870. The molecule has 1 aliphatic carbocycles. The molecular weight excluding hydrogens is 236 g/mol. The van der Waals surface area contributed by atoms with Crippen LogP contribution in [0.5, 0.6) is 0 Å². The van der Waals surface area contributed by atoms with Crippen molar-refractivity contribution in [1.29, 1.82) is 0 Å². The maximum Gasteiger partial charge on any atom is 0.225 e. The SMILES string of the molecule is ClCc1cnc(N2CCN(C3CC3)CC2)nc1. The monoisotopic (exact) mass is 252 g/mol. The van der Waals surface area contributed by atoms with E-state index >= 15 is 0 Å². The number of alkyl halides is 1. The van der Waals surface area contributed by atoms with Crippen molar-refractivity contribution < 1.29 is 0 Å². The molecule has 2 fully saturated rings. The predicted octanol–water partition coefficient (Wildman–Crippen LogP) is 1.50. The van der Waals surface area contributed by atoms with Gasteiger partial charge in [-0.05, 0) is 12.8 Å². The Morgan fingerprint density at radius 3 is 2.29 bits per heavy atom. The minimum atomic E-state index is 0.482. The van der Waals surface area contributed by atoms with Gasteiger partial charge in [0.1, 0.15) is 0 Å². The van der Waals surface area contributed by atoms with Crippen LogP contribution in [0.4, 0.5) is 5.95 Å². The van der Waals surface area contributed by atoms with Gasteiger partial charge in [0.25, 0.3) is 0 Å². The summed E-state index contributed by atoms with van der Waals surface area (Å²) < 4.78 is 0. The molecule has 0 unspecified atom stereocenters. The number of aromatic nitrogens is 2. The van der Waals surface area contributed by atoms with E-state index in [1.54, 1.807) is 0 Å². The van der Waals surface area contributed by atoms with Crippen LogP contribution in [0, 0.1) is 0 Å². The van der Waals surface area contributed by atoms with E-state index < -0.39 is 0 Å². The fourth-order valence-corrected chi connectivity index (χ4v) is 2.45. The van der Waals surface area contributed by atoms with E-state index in [0.29, 0.717) is 5.88 Å². The van der Waals surface area contributed by atoms with Crippen molar-refractivity contribution in [2.45, 2.75) is 24.8 Å². The van der Waals surface area contributed by atoms with Crippen LogP contribution in [0.15, 0.2) is 12.4 Å². The lowest BCUT2D eigenvalue weighted by atomic mass is 10.3. The minimum Gasteiger partial charge on any atom is -0.338 e. The first-order valence-electron chi connectivity index (χ1n) is 6.22. The second kappa shape index (κ2) is 4.78. The van der Waals surface area contributed by atoms with Crippen LogP contribution < -0.4 is 4.90 Å². The first-order valence-corrected chi connectivity index (χ1v) is 6.76. The molecule has 0 bridgehead atoms. The van der Waals surface area contributed by atoms with Crippen molar-refractivity contribution >= 4 is 17.5 Å². The molecule has 0 N–H and O–H groups in total. The number of piperazine rings is 1. The van der Waals surface area contributed by atoms with E-state index in [1.807, 2.05) is 12.4 Å². The van der Waals surface area contributed by atoms with Gasteiger partial charge in [0.15, 0.2) is 0 Å². The summed E-state index contributed by atoms with van der Waals surface area (Å²) in [7, 11) is 0. The van der Waals surface area contributed by atoms with E-state index in [2.05, 4.69) is 19.8 Å². The highest BCUT2D eigenvalue weighted by Crippen LogP contribution is 2.27. The van der Waals surface area contributed by atoms with Crippen LogP contribution in [0.25, 0.3) is 0 Å². The largest absolute Gasteiger partial charge is 0.338 e. The van der Waals surface area contributed by atoms with Gasteiger partial charge >= 0.3 is 0 Å². The Balaban J connectivity index is 1.60. The van der Waals surface area contributed by atoms with Gasteiger partial charge in [0.2, 0.25) is 5.95 Å². The molecule has 1 aromatic rings. The number of hydrogen-bond acceptors (Lipinski definition) is 4. The van der Waals surface area contributed by atoms with Crippen LogP contribution in [0.1, 0.15) is 18.4 Å². The highest BCUT2D eigenvalue weighted by atomic mass is 35.5. The number of anilines is 1. The van der Waals surface area contributed by atoms with Gasteiger partial charge in [-0.15, -0.1) is 11.6 Å². The third kappa shape index (κ3) is 2.53. The molecule has 0 spiro atoms. The normalized spacial score (nSPS) is 21.8. The molecule has 92 valence electrons. The van der Waals surface area contributed by atoms with Crippen LogP contribution in [0.3, 0.4) is 0 Å². The summed E-state index contributed by atoms with van der Waals surface area (Å²) in [6.07, 6.45) is 6.42. The van der Waals surface area contributed by atoms with Crippen molar-refractivity contribution in [3.8, 4) is 0 Å². The average molecular weight is 253 g/mol. The smallest absolute Gasteiger partial charge is 0.225 e. The minimum absolute atomic E-state index is 0.482. The lowest BCUT2D eigenvalue weighted by Gasteiger charge is -2.34. The Labute approximate surface area is 107 Å². The van der Waals surface area contributed by atoms with Crippen LogP contribution in [0.2, 0.25) is 0 Å². The molecule has 17 heavy (non-hydrogen) atoms. The molecular formula is C12H17ClN4. The van der Waals surface area contributed by atoms with Crippen molar-refractivity contribution in [2.24, 2.45) is 0 Å². The maximum absolute atomic E-state index is 5.73. The van der Waals surface area contributed by atoms with Gasteiger partial charge in [-0.25, -0.2) is 9.97 Å². The molecule has 3 rings (SSSR count). The highest BCUT2D eigenvalue weighted by Gasteiger charge is 2.31. The van der Waals surface area contributed by atoms with E-state index in [0.717, 1.165) is 43.7 Å². The average Bonchev–Trinajstić information content (AvgIpc) is 3.24. The summed E-state index contributed by atoms with van der Waals surface area (Å²) in [5.41, 5.74) is 0.979. The van der Waals surface area contributed by atoms with Crippen LogP contribution in [-0.2, 0) is 5.88 Å². The Morgan fingerprint density at radius 2 is 1.76 bits per heavy atom. The second-order valence-electron chi connectivity index (χ2n) is 4.78. The van der Waals surface area contributed by atoms with E-state index in [9.17, 15) is 0 Å². The molecule has 1 saturated carbocycles. The van der Waals surface area contributed by atoms with Gasteiger partial charge < -0.3 is 4.90 Å². The molecule has 2 aliphatic rings. The molecule has 4 nitrogen and oxygen atoms in total. The molecule has 0 aromatic carbocycles. The molecule has 0 atom stereocenters. The van der Waals surface area contributed by atoms with E-state index in [4.69, 9.17) is 11.6 Å². The van der Waals surface area contributed by atoms with Crippen molar-refractivity contribution in [3.05, 3.63) is 18.0 Å². The Bertz CT molecular complexity index is 369. The quantitative estimate of drug-likeness (QED) is 0.764. The first kappa shape index (κ1) is 11.2. The number of halogens is 1.